The molecule has 0 saturated heterocycles. The van der Waals surface area contributed by atoms with Crippen molar-refractivity contribution in [3.63, 3.8) is 0 Å². The monoisotopic (exact) mass is 416 g/mol. The predicted molar refractivity (Wildman–Crippen MR) is 112 cm³/mol. The van der Waals surface area contributed by atoms with Crippen molar-refractivity contribution in [2.75, 3.05) is 10.6 Å². The summed E-state index contributed by atoms with van der Waals surface area (Å²) < 4.78 is 23.3. The number of carbonyl (C=O) groups is 1. The fourth-order valence-corrected chi connectivity index (χ4v) is 3.89. The number of nitrogens with one attached hydrogen (secondary N) is 2. The number of amides is 1. The van der Waals surface area contributed by atoms with Gasteiger partial charge in [0, 0.05) is 22.3 Å². The lowest BCUT2D eigenvalue weighted by atomic mass is 10.1. The van der Waals surface area contributed by atoms with Crippen LogP contribution in [-0.4, -0.2) is 19.3 Å². The van der Waals surface area contributed by atoms with Crippen molar-refractivity contribution in [2.45, 2.75) is 25.7 Å². The van der Waals surface area contributed by atoms with Crippen molar-refractivity contribution in [2.24, 2.45) is 5.14 Å². The highest BCUT2D eigenvalue weighted by Crippen LogP contribution is 2.25. The van der Waals surface area contributed by atoms with E-state index >= 15 is 0 Å². The largest absolute Gasteiger partial charge is 0.332 e. The maximum absolute atomic E-state index is 12.6. The Morgan fingerprint density at radius 3 is 2.36 bits per heavy atom. The van der Waals surface area contributed by atoms with Gasteiger partial charge in [-0.1, -0.05) is 0 Å². The molecule has 9 heteroatoms. The van der Waals surface area contributed by atoms with Gasteiger partial charge in [-0.3, -0.25) is 4.79 Å². The third kappa shape index (κ3) is 4.56. The fourth-order valence-electron chi connectivity index (χ4n) is 2.55. The van der Waals surface area contributed by atoms with E-state index in [0.717, 1.165) is 27.6 Å². The normalized spacial score (nSPS) is 11.3. The molecular formula is C19H20N4O3S2. The summed E-state index contributed by atoms with van der Waals surface area (Å²) in [5.41, 5.74) is 4.11. The average Bonchev–Trinajstić information content (AvgIpc) is 3.03. The Morgan fingerprint density at radius 2 is 1.79 bits per heavy atom. The van der Waals surface area contributed by atoms with Gasteiger partial charge < -0.3 is 10.6 Å². The number of thiazole rings is 1. The lowest BCUT2D eigenvalue weighted by molar-refractivity contribution is 0.102. The molecule has 7 nitrogen and oxygen atoms in total. The summed E-state index contributed by atoms with van der Waals surface area (Å²) in [4.78, 5) is 16.9. The SMILES string of the molecule is Cc1csc(Nc2ccc(C(=O)Nc3cc(S(N)(=O)=O)cc(C)c3C)cc2)n1. The fraction of sp³-hybridized carbons (Fsp3) is 0.158. The maximum atomic E-state index is 12.6. The number of carbonyl (C=O) groups excluding carboxylic acids is 1. The molecule has 28 heavy (non-hydrogen) atoms. The van der Waals surface area contributed by atoms with Crippen molar-refractivity contribution < 1.29 is 13.2 Å². The molecule has 0 radical (unpaired) electrons. The van der Waals surface area contributed by atoms with Crippen molar-refractivity contribution >= 4 is 43.8 Å². The standard InChI is InChI=1S/C19H20N4O3S2/c1-11-8-16(28(20,25)26)9-17(13(11)3)23-18(24)14-4-6-15(7-5-14)22-19-21-12(2)10-27-19/h4-10H,1-3H3,(H,21,22)(H,23,24)(H2,20,25,26). The van der Waals surface area contributed by atoms with Crippen LogP contribution in [0.5, 0.6) is 0 Å². The zero-order valence-corrected chi connectivity index (χ0v) is 17.2. The first-order chi connectivity index (χ1) is 13.1. The van der Waals surface area contributed by atoms with Crippen molar-refractivity contribution in [3.05, 3.63) is 64.2 Å². The van der Waals surface area contributed by atoms with Gasteiger partial charge >= 0.3 is 0 Å². The molecule has 3 rings (SSSR count). The van der Waals surface area contributed by atoms with Gasteiger partial charge in [0.15, 0.2) is 5.13 Å². The van der Waals surface area contributed by atoms with Crippen LogP contribution in [0.2, 0.25) is 0 Å². The number of hydrogen-bond donors (Lipinski definition) is 3. The molecule has 1 aromatic heterocycles. The predicted octanol–water partition coefficient (Wildman–Crippen LogP) is 3.71. The third-order valence-electron chi connectivity index (χ3n) is 4.23. The number of primary sulfonamides is 1. The van der Waals surface area contributed by atoms with Gasteiger partial charge in [0.25, 0.3) is 5.91 Å². The summed E-state index contributed by atoms with van der Waals surface area (Å²) in [7, 11) is -3.86. The minimum atomic E-state index is -3.86. The molecule has 0 aliphatic rings. The van der Waals surface area contributed by atoms with Crippen molar-refractivity contribution in [3.8, 4) is 0 Å². The number of sulfonamides is 1. The molecule has 0 saturated carbocycles. The number of anilines is 3. The second-order valence-corrected chi connectivity index (χ2v) is 8.83. The molecule has 0 aliphatic carbocycles. The van der Waals surface area contributed by atoms with Gasteiger partial charge in [-0.25, -0.2) is 18.5 Å². The minimum absolute atomic E-state index is 0.0378. The Kier molecular flexibility index (Phi) is 5.50. The van der Waals surface area contributed by atoms with Crippen LogP contribution in [-0.2, 0) is 10.0 Å². The van der Waals surface area contributed by atoms with Gasteiger partial charge in [0.05, 0.1) is 10.6 Å². The van der Waals surface area contributed by atoms with E-state index in [4.69, 9.17) is 5.14 Å². The number of rotatable bonds is 5. The van der Waals surface area contributed by atoms with Gasteiger partial charge in [-0.05, 0) is 68.3 Å². The second-order valence-electron chi connectivity index (χ2n) is 6.41. The quantitative estimate of drug-likeness (QED) is 0.587. The summed E-state index contributed by atoms with van der Waals surface area (Å²) >= 11 is 1.50. The summed E-state index contributed by atoms with van der Waals surface area (Å²) in [6.07, 6.45) is 0. The number of hydrogen-bond acceptors (Lipinski definition) is 6. The Labute approximate surface area is 167 Å². The summed E-state index contributed by atoms with van der Waals surface area (Å²) in [6.45, 7) is 5.49. The zero-order chi connectivity index (χ0) is 20.5. The molecule has 0 bridgehead atoms. The van der Waals surface area contributed by atoms with Crippen LogP contribution >= 0.6 is 11.3 Å². The molecule has 2 aromatic carbocycles. The first-order valence-electron chi connectivity index (χ1n) is 8.38. The van der Waals surface area contributed by atoms with Crippen molar-refractivity contribution in [1.29, 1.82) is 0 Å². The highest BCUT2D eigenvalue weighted by Gasteiger charge is 2.15. The Balaban J connectivity index is 1.79. The summed E-state index contributed by atoms with van der Waals surface area (Å²) in [6, 6.07) is 9.79. The molecule has 0 spiro atoms. The van der Waals surface area contributed by atoms with Gasteiger partial charge in [0.2, 0.25) is 10.0 Å². The van der Waals surface area contributed by atoms with E-state index in [1.165, 1.54) is 23.5 Å². The molecule has 146 valence electrons. The van der Waals surface area contributed by atoms with Crippen LogP contribution in [0, 0.1) is 20.8 Å². The minimum Gasteiger partial charge on any atom is -0.332 e. The summed E-state index contributed by atoms with van der Waals surface area (Å²) in [5.74, 6) is -0.342. The zero-order valence-electron chi connectivity index (χ0n) is 15.6. The number of nitrogens with zero attached hydrogens (tertiary/aromatic N) is 1. The van der Waals surface area contributed by atoms with Crippen LogP contribution < -0.4 is 15.8 Å². The van der Waals surface area contributed by atoms with Crippen LogP contribution in [0.25, 0.3) is 0 Å². The first-order valence-corrected chi connectivity index (χ1v) is 10.8. The summed E-state index contributed by atoms with van der Waals surface area (Å²) in [5, 5.41) is 13.9. The third-order valence-corrected chi connectivity index (χ3v) is 6.00. The van der Waals surface area contributed by atoms with Crippen LogP contribution in [0.1, 0.15) is 27.2 Å². The molecule has 0 atom stereocenters. The Morgan fingerprint density at radius 1 is 1.11 bits per heavy atom. The van der Waals surface area contributed by atoms with Crippen LogP contribution in [0.3, 0.4) is 0 Å². The first kappa shape index (κ1) is 20.0. The molecule has 4 N–H and O–H groups in total. The molecule has 0 unspecified atom stereocenters. The van der Waals surface area contributed by atoms with Gasteiger partial charge in [-0.2, -0.15) is 0 Å². The van der Waals surface area contributed by atoms with E-state index in [1.807, 2.05) is 12.3 Å². The van der Waals surface area contributed by atoms with E-state index in [9.17, 15) is 13.2 Å². The second kappa shape index (κ2) is 7.70. The molecule has 0 aliphatic heterocycles. The van der Waals surface area contributed by atoms with Crippen molar-refractivity contribution in [1.82, 2.24) is 4.98 Å². The van der Waals surface area contributed by atoms with E-state index in [0.29, 0.717) is 11.3 Å². The Hall–Kier alpha value is -2.75. The van der Waals surface area contributed by atoms with Crippen LogP contribution in [0.15, 0.2) is 46.7 Å². The average molecular weight is 417 g/mol. The lowest BCUT2D eigenvalue weighted by Gasteiger charge is -2.13. The number of aryl methyl sites for hydroxylation is 2. The highest BCUT2D eigenvalue weighted by atomic mass is 32.2. The maximum Gasteiger partial charge on any atom is 0.255 e. The van der Waals surface area contributed by atoms with E-state index < -0.39 is 10.0 Å². The topological polar surface area (TPSA) is 114 Å². The van der Waals surface area contributed by atoms with E-state index in [-0.39, 0.29) is 10.8 Å². The van der Waals surface area contributed by atoms with Crippen LogP contribution in [0.4, 0.5) is 16.5 Å². The Bertz CT molecular complexity index is 1140. The molecule has 3 aromatic rings. The highest BCUT2D eigenvalue weighted by molar-refractivity contribution is 7.89. The van der Waals surface area contributed by atoms with E-state index in [2.05, 4.69) is 15.6 Å². The number of aromatic nitrogens is 1. The van der Waals surface area contributed by atoms with Gasteiger partial charge in [-0.15, -0.1) is 11.3 Å². The number of nitrogens with two attached hydrogens (primary N) is 1. The molecule has 0 fully saturated rings. The lowest BCUT2D eigenvalue weighted by Crippen LogP contribution is -2.16. The smallest absolute Gasteiger partial charge is 0.255 e. The number of benzene rings is 2. The molecular weight excluding hydrogens is 396 g/mol. The molecule has 1 amide bonds. The van der Waals surface area contributed by atoms with E-state index in [1.54, 1.807) is 38.1 Å². The molecule has 1 heterocycles. The van der Waals surface area contributed by atoms with Gasteiger partial charge in [0.1, 0.15) is 0 Å².